The zero-order valence-corrected chi connectivity index (χ0v) is 14.6. The molecular formula is C20H26N2O3. The Morgan fingerprint density at radius 3 is 2.84 bits per heavy atom. The summed E-state index contributed by atoms with van der Waals surface area (Å²) in [6, 6.07) is 6.27. The molecule has 3 aliphatic rings. The van der Waals surface area contributed by atoms with Crippen LogP contribution in [0.15, 0.2) is 24.3 Å². The fourth-order valence-corrected chi connectivity index (χ4v) is 3.91. The second kappa shape index (κ2) is 7.48. The molecular weight excluding hydrogens is 316 g/mol. The summed E-state index contributed by atoms with van der Waals surface area (Å²) in [7, 11) is 0. The third kappa shape index (κ3) is 3.98. The summed E-state index contributed by atoms with van der Waals surface area (Å²) in [5.74, 6) is 2.55. The van der Waals surface area contributed by atoms with Gasteiger partial charge in [0.15, 0.2) is 11.5 Å². The van der Waals surface area contributed by atoms with Gasteiger partial charge in [0, 0.05) is 32.6 Å². The molecule has 3 aliphatic heterocycles. The number of amides is 1. The maximum Gasteiger partial charge on any atom is 0.220 e. The zero-order valence-electron chi connectivity index (χ0n) is 14.6. The molecule has 25 heavy (non-hydrogen) atoms. The number of nitrogens with zero attached hydrogens (tertiary/aromatic N) is 1. The first-order valence-electron chi connectivity index (χ1n) is 9.36. The Bertz CT molecular complexity index is 671. The second-order valence-corrected chi connectivity index (χ2v) is 7.14. The van der Waals surface area contributed by atoms with Crippen LogP contribution in [0, 0.1) is 5.92 Å². The van der Waals surface area contributed by atoms with Crippen LogP contribution in [0.2, 0.25) is 0 Å². The number of carbonyl (C=O) groups is 1. The maximum atomic E-state index is 11.5. The van der Waals surface area contributed by atoms with E-state index < -0.39 is 0 Å². The minimum absolute atomic E-state index is 0.210. The molecule has 1 atom stereocenters. The fourth-order valence-electron chi connectivity index (χ4n) is 3.91. The molecule has 0 spiro atoms. The van der Waals surface area contributed by atoms with E-state index in [2.05, 4.69) is 28.4 Å². The van der Waals surface area contributed by atoms with E-state index in [9.17, 15) is 4.79 Å². The summed E-state index contributed by atoms with van der Waals surface area (Å²) in [5, 5.41) is 2.97. The predicted molar refractivity (Wildman–Crippen MR) is 96.8 cm³/mol. The largest absolute Gasteiger partial charge is 0.486 e. The van der Waals surface area contributed by atoms with Crippen LogP contribution < -0.4 is 14.8 Å². The van der Waals surface area contributed by atoms with Crippen molar-refractivity contribution in [2.24, 2.45) is 5.92 Å². The van der Waals surface area contributed by atoms with Crippen molar-refractivity contribution in [3.63, 3.8) is 0 Å². The number of rotatable bonds is 3. The molecule has 134 valence electrons. The molecule has 5 nitrogen and oxygen atoms in total. The van der Waals surface area contributed by atoms with Crippen molar-refractivity contribution in [3.8, 4) is 11.5 Å². The van der Waals surface area contributed by atoms with Gasteiger partial charge in [-0.15, -0.1) is 0 Å². The molecule has 0 saturated carbocycles. The standard InChI is InChI=1S/C20H26N2O3/c23-20-4-1-15(5-8-21-20)14-22-9-6-16(7-10-22)17-2-3-18-19(13-17)25-12-11-24-18/h2-3,6,13,15H,1,4-5,7-12,14H2,(H,21,23). The van der Waals surface area contributed by atoms with Crippen LogP contribution in [-0.2, 0) is 4.79 Å². The summed E-state index contributed by atoms with van der Waals surface area (Å²) in [6.07, 6.45) is 6.19. The quantitative estimate of drug-likeness (QED) is 0.917. The Morgan fingerprint density at radius 2 is 2.00 bits per heavy atom. The number of benzene rings is 1. The Hall–Kier alpha value is -2.01. The van der Waals surface area contributed by atoms with Crippen molar-refractivity contribution < 1.29 is 14.3 Å². The van der Waals surface area contributed by atoms with Crippen molar-refractivity contribution in [2.45, 2.75) is 25.7 Å². The van der Waals surface area contributed by atoms with Crippen molar-refractivity contribution in [3.05, 3.63) is 29.8 Å². The van der Waals surface area contributed by atoms with Gasteiger partial charge in [-0.1, -0.05) is 12.1 Å². The molecule has 3 heterocycles. The average molecular weight is 342 g/mol. The number of hydrogen-bond donors (Lipinski definition) is 1. The van der Waals surface area contributed by atoms with Crippen LogP contribution in [0.5, 0.6) is 11.5 Å². The number of ether oxygens (including phenoxy) is 2. The fraction of sp³-hybridized carbons (Fsp3) is 0.550. The van der Waals surface area contributed by atoms with E-state index in [0.717, 1.165) is 56.9 Å². The van der Waals surface area contributed by atoms with E-state index in [1.54, 1.807) is 0 Å². The molecule has 4 rings (SSSR count). The highest BCUT2D eigenvalue weighted by Crippen LogP contribution is 2.34. The molecule has 1 saturated heterocycles. The SMILES string of the molecule is O=C1CCC(CN2CC=C(c3ccc4c(c3)OCCO4)CC2)CCN1. The lowest BCUT2D eigenvalue weighted by Crippen LogP contribution is -2.33. The van der Waals surface area contributed by atoms with E-state index >= 15 is 0 Å². The van der Waals surface area contributed by atoms with Gasteiger partial charge in [-0.3, -0.25) is 9.69 Å². The van der Waals surface area contributed by atoms with Gasteiger partial charge >= 0.3 is 0 Å². The predicted octanol–water partition coefficient (Wildman–Crippen LogP) is 2.46. The van der Waals surface area contributed by atoms with Crippen molar-refractivity contribution in [1.82, 2.24) is 10.2 Å². The third-order valence-electron chi connectivity index (χ3n) is 5.38. The molecule has 1 aromatic rings. The summed E-state index contributed by atoms with van der Waals surface area (Å²) in [5.41, 5.74) is 2.64. The van der Waals surface area contributed by atoms with Gasteiger partial charge in [-0.05, 0) is 48.4 Å². The van der Waals surface area contributed by atoms with E-state index in [0.29, 0.717) is 25.6 Å². The van der Waals surface area contributed by atoms with Gasteiger partial charge in [0.1, 0.15) is 13.2 Å². The first-order valence-corrected chi connectivity index (χ1v) is 9.36. The Labute approximate surface area is 149 Å². The molecule has 5 heteroatoms. The van der Waals surface area contributed by atoms with Gasteiger partial charge in [0.25, 0.3) is 0 Å². The lowest BCUT2D eigenvalue weighted by molar-refractivity contribution is -0.120. The summed E-state index contributed by atoms with van der Waals surface area (Å²) < 4.78 is 11.3. The lowest BCUT2D eigenvalue weighted by Gasteiger charge is -2.30. The van der Waals surface area contributed by atoms with Crippen LogP contribution in [0.25, 0.3) is 5.57 Å². The molecule has 1 N–H and O–H groups in total. The molecule has 1 aromatic carbocycles. The van der Waals surface area contributed by atoms with Crippen LogP contribution >= 0.6 is 0 Å². The number of fused-ring (bicyclic) bond motifs is 1. The molecule has 0 radical (unpaired) electrons. The van der Waals surface area contributed by atoms with Gasteiger partial charge in [-0.2, -0.15) is 0 Å². The molecule has 1 amide bonds. The van der Waals surface area contributed by atoms with E-state index in [4.69, 9.17) is 9.47 Å². The molecule has 0 aromatic heterocycles. The van der Waals surface area contributed by atoms with Gasteiger partial charge in [0.05, 0.1) is 0 Å². The van der Waals surface area contributed by atoms with E-state index in [-0.39, 0.29) is 5.91 Å². The monoisotopic (exact) mass is 342 g/mol. The van der Waals surface area contributed by atoms with Crippen LogP contribution in [0.3, 0.4) is 0 Å². The Morgan fingerprint density at radius 1 is 1.12 bits per heavy atom. The third-order valence-corrected chi connectivity index (χ3v) is 5.38. The van der Waals surface area contributed by atoms with Crippen molar-refractivity contribution >= 4 is 11.5 Å². The van der Waals surface area contributed by atoms with Gasteiger partial charge < -0.3 is 14.8 Å². The first-order chi connectivity index (χ1) is 12.3. The first kappa shape index (κ1) is 16.5. The lowest BCUT2D eigenvalue weighted by atomic mass is 9.96. The highest BCUT2D eigenvalue weighted by molar-refractivity contribution is 5.76. The number of nitrogens with one attached hydrogen (secondary N) is 1. The minimum Gasteiger partial charge on any atom is -0.486 e. The molecule has 0 aliphatic carbocycles. The minimum atomic E-state index is 0.210. The van der Waals surface area contributed by atoms with Crippen molar-refractivity contribution in [1.29, 1.82) is 0 Å². The molecule has 1 fully saturated rings. The number of carbonyl (C=O) groups excluding carboxylic acids is 1. The zero-order chi connectivity index (χ0) is 17.1. The highest BCUT2D eigenvalue weighted by atomic mass is 16.6. The number of hydrogen-bond acceptors (Lipinski definition) is 4. The topological polar surface area (TPSA) is 50.8 Å². The van der Waals surface area contributed by atoms with E-state index in [1.807, 2.05) is 6.07 Å². The molecule has 0 bridgehead atoms. The van der Waals surface area contributed by atoms with E-state index in [1.165, 1.54) is 11.1 Å². The summed E-state index contributed by atoms with van der Waals surface area (Å²) in [6.45, 7) is 5.25. The summed E-state index contributed by atoms with van der Waals surface area (Å²) >= 11 is 0. The van der Waals surface area contributed by atoms with Crippen LogP contribution in [-0.4, -0.2) is 50.2 Å². The smallest absolute Gasteiger partial charge is 0.220 e. The van der Waals surface area contributed by atoms with Crippen LogP contribution in [0.1, 0.15) is 31.2 Å². The van der Waals surface area contributed by atoms with Gasteiger partial charge in [0.2, 0.25) is 5.91 Å². The van der Waals surface area contributed by atoms with Crippen LogP contribution in [0.4, 0.5) is 0 Å². The normalized spacial score (nSPS) is 24.2. The Balaban J connectivity index is 1.36. The Kier molecular flexibility index (Phi) is 4.92. The van der Waals surface area contributed by atoms with Crippen molar-refractivity contribution in [2.75, 3.05) is 39.4 Å². The second-order valence-electron chi connectivity index (χ2n) is 7.14. The molecule has 1 unspecified atom stereocenters. The summed E-state index contributed by atoms with van der Waals surface area (Å²) in [4.78, 5) is 14.0. The highest BCUT2D eigenvalue weighted by Gasteiger charge is 2.21. The average Bonchev–Trinajstić information content (AvgIpc) is 2.86. The van der Waals surface area contributed by atoms with Gasteiger partial charge in [-0.25, -0.2) is 0 Å². The maximum absolute atomic E-state index is 11.5.